The largest absolute Gasteiger partial charge is 0.455 e. The fourth-order valence-corrected chi connectivity index (χ4v) is 1.69. The van der Waals surface area contributed by atoms with Gasteiger partial charge in [-0.25, -0.2) is 9.48 Å². The van der Waals surface area contributed by atoms with Crippen molar-refractivity contribution < 1.29 is 14.3 Å². The van der Waals surface area contributed by atoms with Gasteiger partial charge in [-0.1, -0.05) is 5.21 Å². The molecule has 6 heteroatoms. The number of carbonyl (C=O) groups is 1. The molecule has 0 aromatic carbocycles. The summed E-state index contributed by atoms with van der Waals surface area (Å²) in [7, 11) is 1.66. The normalized spacial score (nSPS) is 13.4. The highest BCUT2D eigenvalue weighted by Crippen LogP contribution is 2.17. The average molecular weight is 269 g/mol. The molecule has 1 aromatic rings. The minimum atomic E-state index is -0.533. The van der Waals surface area contributed by atoms with E-state index in [1.807, 2.05) is 34.6 Å². The lowest BCUT2D eigenvalue weighted by Gasteiger charge is -2.18. The molecule has 0 amide bonds. The predicted molar refractivity (Wildman–Crippen MR) is 71.1 cm³/mol. The molecule has 19 heavy (non-hydrogen) atoms. The van der Waals surface area contributed by atoms with Crippen molar-refractivity contribution in [3.8, 4) is 0 Å². The summed E-state index contributed by atoms with van der Waals surface area (Å²) in [5.74, 6) is -0.435. The van der Waals surface area contributed by atoms with Crippen molar-refractivity contribution in [3.63, 3.8) is 0 Å². The molecule has 0 fully saturated rings. The number of ether oxygens (including phenoxy) is 2. The van der Waals surface area contributed by atoms with E-state index in [1.54, 1.807) is 11.8 Å². The summed E-state index contributed by atoms with van der Waals surface area (Å²) in [6.45, 7) is 9.95. The topological polar surface area (TPSA) is 66.2 Å². The number of nitrogens with zero attached hydrogens (tertiary/aromatic N) is 3. The first-order valence-corrected chi connectivity index (χ1v) is 6.40. The molecule has 1 aromatic heterocycles. The van der Waals surface area contributed by atoms with Crippen LogP contribution in [0.25, 0.3) is 0 Å². The summed E-state index contributed by atoms with van der Waals surface area (Å²) in [6, 6.07) is 0.128. The molecule has 108 valence electrons. The smallest absolute Gasteiger partial charge is 0.361 e. The van der Waals surface area contributed by atoms with Gasteiger partial charge in [-0.05, 0) is 41.0 Å². The monoisotopic (exact) mass is 269 g/mol. The lowest BCUT2D eigenvalue weighted by Crippen LogP contribution is -2.24. The maximum atomic E-state index is 12.0. The van der Waals surface area contributed by atoms with Crippen LogP contribution in [0.15, 0.2) is 0 Å². The van der Waals surface area contributed by atoms with Crippen molar-refractivity contribution in [1.29, 1.82) is 0 Å². The molecular weight excluding hydrogens is 246 g/mol. The van der Waals surface area contributed by atoms with Crippen molar-refractivity contribution in [1.82, 2.24) is 15.0 Å². The third-order valence-electron chi connectivity index (χ3n) is 2.68. The molecule has 0 saturated carbocycles. The first-order chi connectivity index (χ1) is 8.76. The van der Waals surface area contributed by atoms with Crippen LogP contribution in [-0.4, -0.2) is 40.3 Å². The number of rotatable bonds is 5. The zero-order valence-corrected chi connectivity index (χ0v) is 12.6. The second-order valence-electron chi connectivity index (χ2n) is 5.60. The van der Waals surface area contributed by atoms with Gasteiger partial charge in [-0.3, -0.25) is 0 Å². The molecule has 1 unspecified atom stereocenters. The Morgan fingerprint density at radius 1 is 1.42 bits per heavy atom. The van der Waals surface area contributed by atoms with Gasteiger partial charge in [-0.15, -0.1) is 5.10 Å². The third-order valence-corrected chi connectivity index (χ3v) is 2.68. The predicted octanol–water partition coefficient (Wildman–Crippen LogP) is 2.14. The first-order valence-electron chi connectivity index (χ1n) is 6.40. The second kappa shape index (κ2) is 6.14. The van der Waals surface area contributed by atoms with Gasteiger partial charge in [0.05, 0.1) is 11.7 Å². The van der Waals surface area contributed by atoms with Crippen LogP contribution in [0, 0.1) is 6.92 Å². The highest BCUT2D eigenvalue weighted by atomic mass is 16.6. The van der Waals surface area contributed by atoms with Crippen LogP contribution in [0.4, 0.5) is 0 Å². The molecule has 0 bridgehead atoms. The van der Waals surface area contributed by atoms with Gasteiger partial charge in [0.15, 0.2) is 5.69 Å². The number of methoxy groups -OCH3 is 1. The van der Waals surface area contributed by atoms with Crippen molar-refractivity contribution in [2.75, 3.05) is 13.7 Å². The van der Waals surface area contributed by atoms with Gasteiger partial charge in [0.1, 0.15) is 5.60 Å². The lowest BCUT2D eigenvalue weighted by atomic mass is 10.2. The van der Waals surface area contributed by atoms with E-state index in [1.165, 1.54) is 0 Å². The maximum absolute atomic E-state index is 12.0. The van der Waals surface area contributed by atoms with Crippen molar-refractivity contribution in [3.05, 3.63) is 11.4 Å². The molecular formula is C13H23N3O3. The number of carbonyl (C=O) groups excluding carboxylic acids is 1. The zero-order chi connectivity index (χ0) is 14.6. The highest BCUT2D eigenvalue weighted by molar-refractivity contribution is 5.88. The molecule has 0 saturated heterocycles. The molecule has 0 radical (unpaired) electrons. The van der Waals surface area contributed by atoms with E-state index in [9.17, 15) is 4.79 Å². The molecule has 0 aliphatic carbocycles. The van der Waals surface area contributed by atoms with Crippen molar-refractivity contribution in [2.45, 2.75) is 52.7 Å². The van der Waals surface area contributed by atoms with Crippen LogP contribution in [0.5, 0.6) is 0 Å². The SMILES string of the molecule is COCCC(C)n1nnc(C(=O)OC(C)(C)C)c1C. The van der Waals surface area contributed by atoms with E-state index in [4.69, 9.17) is 9.47 Å². The van der Waals surface area contributed by atoms with Crippen molar-refractivity contribution in [2.24, 2.45) is 0 Å². The Hall–Kier alpha value is -1.43. The molecule has 1 rings (SSSR count). The van der Waals surface area contributed by atoms with E-state index in [2.05, 4.69) is 10.3 Å². The quantitative estimate of drug-likeness (QED) is 0.766. The Morgan fingerprint density at radius 3 is 2.58 bits per heavy atom. The third kappa shape index (κ3) is 4.31. The number of esters is 1. The van der Waals surface area contributed by atoms with Crippen LogP contribution in [-0.2, 0) is 9.47 Å². The first kappa shape index (κ1) is 15.6. The number of hydrogen-bond acceptors (Lipinski definition) is 5. The van der Waals surface area contributed by atoms with Gasteiger partial charge in [0.2, 0.25) is 0 Å². The highest BCUT2D eigenvalue weighted by Gasteiger charge is 2.24. The summed E-state index contributed by atoms with van der Waals surface area (Å²) in [6.07, 6.45) is 0.814. The van der Waals surface area contributed by atoms with Crippen LogP contribution in [0.1, 0.15) is 56.3 Å². The average Bonchev–Trinajstić information content (AvgIpc) is 2.65. The molecule has 0 N–H and O–H groups in total. The van der Waals surface area contributed by atoms with Crippen LogP contribution in [0.2, 0.25) is 0 Å². The molecule has 1 heterocycles. The Labute approximate surface area is 114 Å². The fraction of sp³-hybridized carbons (Fsp3) is 0.769. The van der Waals surface area contributed by atoms with E-state index >= 15 is 0 Å². The molecule has 0 spiro atoms. The summed E-state index contributed by atoms with van der Waals surface area (Å²) >= 11 is 0. The Morgan fingerprint density at radius 2 is 2.05 bits per heavy atom. The summed E-state index contributed by atoms with van der Waals surface area (Å²) in [5, 5.41) is 7.96. The minimum Gasteiger partial charge on any atom is -0.455 e. The summed E-state index contributed by atoms with van der Waals surface area (Å²) in [5.41, 5.74) is 0.464. The van der Waals surface area contributed by atoms with Crippen LogP contribution < -0.4 is 0 Å². The summed E-state index contributed by atoms with van der Waals surface area (Å²) in [4.78, 5) is 12.0. The zero-order valence-electron chi connectivity index (χ0n) is 12.6. The summed E-state index contributed by atoms with van der Waals surface area (Å²) < 4.78 is 12.1. The van der Waals surface area contributed by atoms with Crippen molar-refractivity contribution >= 4 is 5.97 Å². The second-order valence-corrected chi connectivity index (χ2v) is 5.60. The van der Waals surface area contributed by atoms with Gasteiger partial charge in [-0.2, -0.15) is 0 Å². The van der Waals surface area contributed by atoms with E-state index < -0.39 is 11.6 Å². The van der Waals surface area contributed by atoms with Crippen LogP contribution in [0.3, 0.4) is 0 Å². The van der Waals surface area contributed by atoms with Gasteiger partial charge >= 0.3 is 5.97 Å². The van der Waals surface area contributed by atoms with Gasteiger partial charge in [0, 0.05) is 13.7 Å². The molecule has 0 aliphatic heterocycles. The molecule has 0 aliphatic rings. The van der Waals surface area contributed by atoms with E-state index in [0.717, 1.165) is 12.1 Å². The van der Waals surface area contributed by atoms with Gasteiger partial charge in [0.25, 0.3) is 0 Å². The molecule has 1 atom stereocenters. The van der Waals surface area contributed by atoms with Crippen LogP contribution >= 0.6 is 0 Å². The Kier molecular flexibility index (Phi) is 5.05. The Balaban J connectivity index is 2.83. The lowest BCUT2D eigenvalue weighted by molar-refractivity contribution is 0.00618. The maximum Gasteiger partial charge on any atom is 0.361 e. The molecule has 6 nitrogen and oxygen atoms in total. The van der Waals surface area contributed by atoms with Gasteiger partial charge < -0.3 is 9.47 Å². The Bertz CT molecular complexity index is 435. The fourth-order valence-electron chi connectivity index (χ4n) is 1.69. The number of aromatic nitrogens is 3. The van der Waals surface area contributed by atoms with E-state index in [-0.39, 0.29) is 11.7 Å². The standard InChI is InChI=1S/C13H23N3O3/c1-9(7-8-18-6)16-10(2)11(14-15-16)12(17)19-13(3,4)5/h9H,7-8H2,1-6H3. The number of hydrogen-bond donors (Lipinski definition) is 0. The van der Waals surface area contributed by atoms with E-state index in [0.29, 0.717) is 6.61 Å². The minimum absolute atomic E-state index is 0.128.